The molecule has 0 unspecified atom stereocenters. The number of nitrogens with zero attached hydrogens (tertiary/aromatic N) is 4. The van der Waals surface area contributed by atoms with Gasteiger partial charge in [0, 0.05) is 5.69 Å². The van der Waals surface area contributed by atoms with E-state index in [1.807, 2.05) is 30.3 Å². The first-order chi connectivity index (χ1) is 13.7. The lowest BCUT2D eigenvalue weighted by Gasteiger charge is -2.07. The van der Waals surface area contributed by atoms with Crippen LogP contribution in [0.4, 0.5) is 15.9 Å². The van der Waals surface area contributed by atoms with Crippen molar-refractivity contribution in [3.8, 4) is 5.69 Å². The second-order valence-corrected chi connectivity index (χ2v) is 7.07. The molecule has 0 aliphatic heterocycles. The molecule has 0 spiro atoms. The van der Waals surface area contributed by atoms with Crippen LogP contribution >= 0.6 is 11.3 Å². The van der Waals surface area contributed by atoms with Gasteiger partial charge in [0.2, 0.25) is 0 Å². The van der Waals surface area contributed by atoms with E-state index < -0.39 is 0 Å². The molecule has 0 bridgehead atoms. The van der Waals surface area contributed by atoms with Crippen molar-refractivity contribution in [3.05, 3.63) is 83.4 Å². The van der Waals surface area contributed by atoms with E-state index >= 15 is 0 Å². The Morgan fingerprint density at radius 2 is 1.75 bits per heavy atom. The van der Waals surface area contributed by atoms with Crippen LogP contribution in [0, 0.1) is 5.82 Å². The number of rotatable bonds is 3. The Labute approximate surface area is 162 Å². The average molecular weight is 389 g/mol. The number of fused-ring (bicyclic) bond motifs is 3. The van der Waals surface area contributed by atoms with Gasteiger partial charge in [-0.25, -0.2) is 19.3 Å². The molecule has 0 radical (unpaired) electrons. The first kappa shape index (κ1) is 16.5. The maximum atomic E-state index is 13.2. The minimum absolute atomic E-state index is 0.231. The largest absolute Gasteiger partial charge is 0.340 e. The molecule has 0 atom stereocenters. The van der Waals surface area contributed by atoms with Gasteiger partial charge in [0.15, 0.2) is 0 Å². The first-order valence-corrected chi connectivity index (χ1v) is 9.25. The summed E-state index contributed by atoms with van der Waals surface area (Å²) in [7, 11) is 0. The summed E-state index contributed by atoms with van der Waals surface area (Å²) in [6, 6.07) is 15.3. The maximum Gasteiger partial charge on any atom is 0.275 e. The van der Waals surface area contributed by atoms with E-state index in [1.54, 1.807) is 12.1 Å². The van der Waals surface area contributed by atoms with E-state index in [1.165, 1.54) is 40.7 Å². The Morgan fingerprint density at radius 1 is 0.964 bits per heavy atom. The fourth-order valence-corrected chi connectivity index (χ4v) is 4.03. The number of halogens is 1. The number of hydrogen-bond acceptors (Lipinski definition) is 6. The fourth-order valence-electron chi connectivity index (χ4n) is 3.00. The Kier molecular flexibility index (Phi) is 3.84. The molecule has 0 saturated carbocycles. The molecule has 0 aliphatic carbocycles. The van der Waals surface area contributed by atoms with Crippen LogP contribution in [0.15, 0.2) is 72.0 Å². The number of nitrogens with one attached hydrogen (secondary N) is 1. The molecule has 0 fully saturated rings. The van der Waals surface area contributed by atoms with Gasteiger partial charge < -0.3 is 5.32 Å². The van der Waals surface area contributed by atoms with Gasteiger partial charge in [-0.1, -0.05) is 18.2 Å². The lowest BCUT2D eigenvalue weighted by Crippen LogP contribution is -2.17. The molecule has 8 heteroatoms. The van der Waals surface area contributed by atoms with Gasteiger partial charge in [-0.15, -0.1) is 11.3 Å². The average Bonchev–Trinajstić information content (AvgIpc) is 3.11. The molecule has 5 rings (SSSR count). The maximum absolute atomic E-state index is 13.2. The molecule has 5 aromatic rings. The molecule has 1 N–H and O–H groups in total. The molecule has 2 aromatic carbocycles. The zero-order chi connectivity index (χ0) is 19.1. The van der Waals surface area contributed by atoms with Crippen molar-refractivity contribution in [3.63, 3.8) is 0 Å². The second kappa shape index (κ2) is 6.50. The van der Waals surface area contributed by atoms with E-state index in [-0.39, 0.29) is 11.4 Å². The van der Waals surface area contributed by atoms with Crippen LogP contribution in [0.2, 0.25) is 0 Å². The molecule has 0 saturated heterocycles. The van der Waals surface area contributed by atoms with E-state index in [2.05, 4.69) is 20.3 Å². The van der Waals surface area contributed by atoms with Crippen LogP contribution in [-0.4, -0.2) is 19.5 Å². The van der Waals surface area contributed by atoms with Gasteiger partial charge in [-0.2, -0.15) is 0 Å². The van der Waals surface area contributed by atoms with E-state index in [0.29, 0.717) is 31.9 Å². The van der Waals surface area contributed by atoms with E-state index in [4.69, 9.17) is 0 Å². The molecule has 3 aromatic heterocycles. The molecular weight excluding hydrogens is 377 g/mol. The summed E-state index contributed by atoms with van der Waals surface area (Å²) in [5.41, 5.74) is 1.74. The van der Waals surface area contributed by atoms with Crippen molar-refractivity contribution in [2.24, 2.45) is 0 Å². The number of para-hydroxylation sites is 1. The topological polar surface area (TPSA) is 72.7 Å². The predicted octanol–water partition coefficient (Wildman–Crippen LogP) is 4.27. The summed E-state index contributed by atoms with van der Waals surface area (Å²) >= 11 is 1.26. The van der Waals surface area contributed by atoms with Gasteiger partial charge in [-0.05, 0) is 36.4 Å². The third-order valence-electron chi connectivity index (χ3n) is 4.32. The van der Waals surface area contributed by atoms with Crippen molar-refractivity contribution in [1.82, 2.24) is 19.5 Å². The monoisotopic (exact) mass is 389 g/mol. The van der Waals surface area contributed by atoms with Crippen molar-refractivity contribution >= 4 is 43.3 Å². The number of thiophene rings is 1. The highest BCUT2D eigenvalue weighted by atomic mass is 32.1. The molecule has 136 valence electrons. The van der Waals surface area contributed by atoms with E-state index in [9.17, 15) is 9.18 Å². The van der Waals surface area contributed by atoms with Gasteiger partial charge >= 0.3 is 0 Å². The minimum atomic E-state index is -0.361. The zero-order valence-corrected chi connectivity index (χ0v) is 15.2. The first-order valence-electron chi connectivity index (χ1n) is 8.43. The van der Waals surface area contributed by atoms with Gasteiger partial charge in [0.25, 0.3) is 5.56 Å². The Morgan fingerprint density at radius 3 is 2.54 bits per heavy atom. The smallest absolute Gasteiger partial charge is 0.275 e. The third kappa shape index (κ3) is 2.71. The number of aromatic nitrogens is 4. The Hall–Kier alpha value is -3.65. The summed E-state index contributed by atoms with van der Waals surface area (Å²) in [5.74, 6) is 0.230. The second-order valence-electron chi connectivity index (χ2n) is 6.07. The normalized spacial score (nSPS) is 11.2. The summed E-state index contributed by atoms with van der Waals surface area (Å²) in [5, 5.41) is 3.97. The Balaban J connectivity index is 1.71. The van der Waals surface area contributed by atoms with Crippen molar-refractivity contribution < 1.29 is 4.39 Å². The van der Waals surface area contributed by atoms with Gasteiger partial charge in [0.1, 0.15) is 39.3 Å². The third-order valence-corrected chi connectivity index (χ3v) is 5.39. The van der Waals surface area contributed by atoms with Gasteiger partial charge in [-0.3, -0.25) is 9.36 Å². The minimum Gasteiger partial charge on any atom is -0.340 e. The number of anilines is 2. The molecule has 0 aliphatic rings. The molecule has 6 nitrogen and oxygen atoms in total. The van der Waals surface area contributed by atoms with Crippen LogP contribution < -0.4 is 10.9 Å². The SMILES string of the molecule is O=c1c2sc3ncnc(Nc4ccccc4)c3c2ncn1-c1ccc(F)cc1. The number of hydrogen-bond donors (Lipinski definition) is 1. The van der Waals surface area contributed by atoms with Crippen LogP contribution in [0.5, 0.6) is 0 Å². The summed E-state index contributed by atoms with van der Waals surface area (Å²) in [4.78, 5) is 26.8. The van der Waals surface area contributed by atoms with Gasteiger partial charge in [0.05, 0.1) is 11.1 Å². The van der Waals surface area contributed by atoms with Crippen molar-refractivity contribution in [2.75, 3.05) is 5.32 Å². The predicted molar refractivity (Wildman–Crippen MR) is 108 cm³/mol. The summed E-state index contributed by atoms with van der Waals surface area (Å²) < 4.78 is 15.1. The zero-order valence-electron chi connectivity index (χ0n) is 14.3. The highest BCUT2D eigenvalue weighted by Crippen LogP contribution is 2.34. The summed E-state index contributed by atoms with van der Waals surface area (Å²) in [6.45, 7) is 0. The van der Waals surface area contributed by atoms with Crippen molar-refractivity contribution in [1.29, 1.82) is 0 Å². The molecule has 3 heterocycles. The summed E-state index contributed by atoms with van der Waals surface area (Å²) in [6.07, 6.45) is 2.91. The van der Waals surface area contributed by atoms with Crippen LogP contribution in [0.1, 0.15) is 0 Å². The Bertz CT molecular complexity index is 1360. The standard InChI is InChI=1S/C20H12FN5OS/c21-12-6-8-14(9-7-12)26-11-24-16-15-18(25-13-4-2-1-3-5-13)22-10-23-19(15)28-17(16)20(26)27/h1-11H,(H,22,23,25). The quantitative estimate of drug-likeness (QED) is 0.499. The lowest BCUT2D eigenvalue weighted by atomic mass is 10.2. The highest BCUT2D eigenvalue weighted by molar-refractivity contribution is 7.25. The fraction of sp³-hybridized carbons (Fsp3) is 0. The molecule has 28 heavy (non-hydrogen) atoms. The molecular formula is C20H12FN5OS. The van der Waals surface area contributed by atoms with E-state index in [0.717, 1.165) is 5.69 Å². The number of benzene rings is 2. The molecule has 0 amide bonds. The van der Waals surface area contributed by atoms with Crippen molar-refractivity contribution in [2.45, 2.75) is 0 Å². The van der Waals surface area contributed by atoms with Crippen LogP contribution in [0.25, 0.3) is 26.1 Å². The van der Waals surface area contributed by atoms with Crippen LogP contribution in [-0.2, 0) is 0 Å². The highest BCUT2D eigenvalue weighted by Gasteiger charge is 2.17. The lowest BCUT2D eigenvalue weighted by molar-refractivity contribution is 0.627. The van der Waals surface area contributed by atoms with Crippen LogP contribution in [0.3, 0.4) is 0 Å².